The molecule has 10 heteroatoms. The highest BCUT2D eigenvalue weighted by Crippen LogP contribution is 2.23. The second kappa shape index (κ2) is 8.10. The third-order valence-electron chi connectivity index (χ3n) is 5.48. The summed E-state index contributed by atoms with van der Waals surface area (Å²) in [5, 5.41) is 0. The molecule has 0 unspecified atom stereocenters. The summed E-state index contributed by atoms with van der Waals surface area (Å²) in [5.74, 6) is -0.196. The van der Waals surface area contributed by atoms with Crippen LogP contribution in [0.25, 0.3) is 0 Å². The van der Waals surface area contributed by atoms with Gasteiger partial charge in [0.25, 0.3) is 0 Å². The summed E-state index contributed by atoms with van der Waals surface area (Å²) < 4.78 is 51.6. The van der Waals surface area contributed by atoms with E-state index in [1.54, 1.807) is 29.2 Å². The van der Waals surface area contributed by atoms with Gasteiger partial charge in [0.1, 0.15) is 0 Å². The molecule has 2 saturated heterocycles. The van der Waals surface area contributed by atoms with Gasteiger partial charge in [-0.05, 0) is 31.9 Å². The van der Waals surface area contributed by atoms with Crippen molar-refractivity contribution in [3.05, 3.63) is 29.8 Å². The second-order valence-corrected chi connectivity index (χ2v) is 11.4. The number of hydrogen-bond donors (Lipinski definition) is 0. The minimum absolute atomic E-state index is 0.000495. The molecule has 2 aliphatic rings. The number of carbonyl (C=O) groups excluding carboxylic acids is 1. The van der Waals surface area contributed by atoms with Gasteiger partial charge in [0.2, 0.25) is 26.0 Å². The third-order valence-corrected chi connectivity index (χ3v) is 8.70. The maximum atomic E-state index is 12.8. The van der Waals surface area contributed by atoms with Crippen LogP contribution in [0.3, 0.4) is 0 Å². The fraction of sp³-hybridized carbons (Fsp3) is 0.611. The zero-order valence-corrected chi connectivity index (χ0v) is 17.9. The second-order valence-electron chi connectivity index (χ2n) is 7.48. The third kappa shape index (κ3) is 4.56. The quantitative estimate of drug-likeness (QED) is 0.695. The molecule has 2 heterocycles. The Kier molecular flexibility index (Phi) is 6.14. The van der Waals surface area contributed by atoms with Crippen molar-refractivity contribution in [2.45, 2.75) is 24.7 Å². The van der Waals surface area contributed by atoms with Crippen molar-refractivity contribution in [3.8, 4) is 0 Å². The Morgan fingerprint density at radius 2 is 1.39 bits per heavy atom. The fourth-order valence-electron chi connectivity index (χ4n) is 3.70. The lowest BCUT2D eigenvalue weighted by molar-refractivity contribution is -0.137. The van der Waals surface area contributed by atoms with Crippen LogP contribution < -0.4 is 0 Å². The Morgan fingerprint density at radius 1 is 0.857 bits per heavy atom. The summed E-state index contributed by atoms with van der Waals surface area (Å²) >= 11 is 0. The minimum Gasteiger partial charge on any atom is -0.340 e. The molecule has 2 aliphatic heterocycles. The van der Waals surface area contributed by atoms with Gasteiger partial charge >= 0.3 is 0 Å². The summed E-state index contributed by atoms with van der Waals surface area (Å²) in [4.78, 5) is 14.7. The highest BCUT2D eigenvalue weighted by Gasteiger charge is 2.35. The van der Waals surface area contributed by atoms with E-state index >= 15 is 0 Å². The van der Waals surface area contributed by atoms with E-state index in [2.05, 4.69) is 0 Å². The fourth-order valence-corrected chi connectivity index (χ4v) is 6.00. The first kappa shape index (κ1) is 21.2. The normalized spacial score (nSPS) is 21.0. The molecule has 0 atom stereocenters. The van der Waals surface area contributed by atoms with Crippen LogP contribution in [-0.4, -0.2) is 81.8 Å². The van der Waals surface area contributed by atoms with Crippen LogP contribution in [0, 0.1) is 12.8 Å². The minimum atomic E-state index is -3.55. The standard InChI is InChI=1S/C18H27N3O5S2/c1-15-3-5-17(6-4-15)28(25,26)21-13-11-19(12-14-21)18(22)16-7-9-20(10-8-16)27(2,23)24/h3-6,16H,7-14H2,1-2H3. The van der Waals surface area contributed by atoms with Gasteiger partial charge in [0.15, 0.2) is 0 Å². The first-order valence-electron chi connectivity index (χ1n) is 9.40. The maximum Gasteiger partial charge on any atom is 0.243 e. The number of carbonyl (C=O) groups is 1. The Hall–Kier alpha value is -1.49. The van der Waals surface area contributed by atoms with E-state index < -0.39 is 20.0 Å². The first-order valence-corrected chi connectivity index (χ1v) is 12.7. The summed E-state index contributed by atoms with van der Waals surface area (Å²) in [6.07, 6.45) is 2.20. The van der Waals surface area contributed by atoms with Gasteiger partial charge in [-0.25, -0.2) is 21.1 Å². The molecular weight excluding hydrogens is 402 g/mol. The molecule has 3 rings (SSSR count). The molecule has 28 heavy (non-hydrogen) atoms. The van der Waals surface area contributed by atoms with E-state index in [9.17, 15) is 21.6 Å². The van der Waals surface area contributed by atoms with Crippen molar-refractivity contribution >= 4 is 26.0 Å². The van der Waals surface area contributed by atoms with Crippen molar-refractivity contribution in [2.24, 2.45) is 5.92 Å². The zero-order chi connectivity index (χ0) is 20.5. The summed E-state index contributed by atoms with van der Waals surface area (Å²) in [5.41, 5.74) is 0.997. The van der Waals surface area contributed by atoms with Crippen LogP contribution in [0.4, 0.5) is 0 Å². The van der Waals surface area contributed by atoms with Gasteiger partial charge < -0.3 is 4.90 Å². The highest BCUT2D eigenvalue weighted by atomic mass is 32.2. The smallest absolute Gasteiger partial charge is 0.243 e. The summed E-state index contributed by atoms with van der Waals surface area (Å²) in [6.45, 7) is 3.87. The van der Waals surface area contributed by atoms with Crippen molar-refractivity contribution < 1.29 is 21.6 Å². The molecule has 0 N–H and O–H groups in total. The van der Waals surface area contributed by atoms with E-state index in [4.69, 9.17) is 0 Å². The Labute approximate surface area is 167 Å². The van der Waals surface area contributed by atoms with Gasteiger partial charge in [-0.1, -0.05) is 17.7 Å². The van der Waals surface area contributed by atoms with Crippen molar-refractivity contribution in [3.63, 3.8) is 0 Å². The van der Waals surface area contributed by atoms with Gasteiger partial charge in [0, 0.05) is 45.2 Å². The van der Waals surface area contributed by atoms with Crippen molar-refractivity contribution in [2.75, 3.05) is 45.5 Å². The molecular formula is C18H27N3O5S2. The van der Waals surface area contributed by atoms with E-state index in [0.717, 1.165) is 5.56 Å². The molecule has 1 amide bonds. The van der Waals surface area contributed by atoms with Crippen LogP contribution in [-0.2, 0) is 24.8 Å². The largest absolute Gasteiger partial charge is 0.340 e. The molecule has 1 aromatic carbocycles. The number of sulfonamides is 2. The Morgan fingerprint density at radius 3 is 1.89 bits per heavy atom. The predicted molar refractivity (Wildman–Crippen MR) is 106 cm³/mol. The van der Waals surface area contributed by atoms with Gasteiger partial charge in [0.05, 0.1) is 11.2 Å². The van der Waals surface area contributed by atoms with Crippen molar-refractivity contribution in [1.82, 2.24) is 13.5 Å². The van der Waals surface area contributed by atoms with E-state index in [0.29, 0.717) is 39.0 Å². The lowest BCUT2D eigenvalue weighted by atomic mass is 9.96. The monoisotopic (exact) mass is 429 g/mol. The number of piperidine rings is 1. The van der Waals surface area contributed by atoms with E-state index in [1.807, 2.05) is 6.92 Å². The number of benzene rings is 1. The maximum absolute atomic E-state index is 12.8. The molecule has 1 aromatic rings. The number of hydrogen-bond acceptors (Lipinski definition) is 5. The average molecular weight is 430 g/mol. The molecule has 156 valence electrons. The molecule has 0 spiro atoms. The van der Waals surface area contributed by atoms with Crippen LogP contribution in [0.5, 0.6) is 0 Å². The molecule has 8 nitrogen and oxygen atoms in total. The number of aryl methyl sites for hydroxylation is 1. The van der Waals surface area contributed by atoms with E-state index in [1.165, 1.54) is 14.9 Å². The summed E-state index contributed by atoms with van der Waals surface area (Å²) in [7, 11) is -6.77. The average Bonchev–Trinajstić information content (AvgIpc) is 2.67. The van der Waals surface area contributed by atoms with Gasteiger partial charge in [-0.15, -0.1) is 0 Å². The number of rotatable bonds is 4. The molecule has 2 fully saturated rings. The number of piperazine rings is 1. The predicted octanol–water partition coefficient (Wildman–Crippen LogP) is 0.500. The Balaban J connectivity index is 1.56. The Bertz CT molecular complexity index is 912. The lowest BCUT2D eigenvalue weighted by Gasteiger charge is -2.37. The molecule has 0 aliphatic carbocycles. The first-order chi connectivity index (χ1) is 13.1. The zero-order valence-electron chi connectivity index (χ0n) is 16.2. The number of amides is 1. The molecule has 0 saturated carbocycles. The topological polar surface area (TPSA) is 95.1 Å². The van der Waals surface area contributed by atoms with Gasteiger partial charge in [-0.2, -0.15) is 4.31 Å². The molecule has 0 radical (unpaired) electrons. The van der Waals surface area contributed by atoms with Gasteiger partial charge in [-0.3, -0.25) is 4.79 Å². The van der Waals surface area contributed by atoms with Crippen LogP contribution in [0.15, 0.2) is 29.2 Å². The van der Waals surface area contributed by atoms with Crippen LogP contribution in [0.2, 0.25) is 0 Å². The van der Waals surface area contributed by atoms with Crippen molar-refractivity contribution in [1.29, 1.82) is 0 Å². The SMILES string of the molecule is Cc1ccc(S(=O)(=O)N2CCN(C(=O)C3CCN(S(C)(=O)=O)CC3)CC2)cc1. The van der Waals surface area contributed by atoms with Crippen LogP contribution in [0.1, 0.15) is 18.4 Å². The lowest BCUT2D eigenvalue weighted by Crippen LogP contribution is -2.53. The van der Waals surface area contributed by atoms with Crippen LogP contribution >= 0.6 is 0 Å². The summed E-state index contributed by atoms with van der Waals surface area (Å²) in [6, 6.07) is 6.76. The highest BCUT2D eigenvalue weighted by molar-refractivity contribution is 7.89. The molecule has 0 aromatic heterocycles. The number of nitrogens with zero attached hydrogens (tertiary/aromatic N) is 3. The molecule has 0 bridgehead atoms. The van der Waals surface area contributed by atoms with E-state index in [-0.39, 0.29) is 29.8 Å².